The molecule has 3 aromatic rings. The lowest BCUT2D eigenvalue weighted by Crippen LogP contribution is -2.31. The molecule has 0 atom stereocenters. The largest absolute Gasteiger partial charge is 0.352 e. The van der Waals surface area contributed by atoms with Crippen LogP contribution in [0.1, 0.15) is 39.6 Å². The van der Waals surface area contributed by atoms with Crippen molar-refractivity contribution >= 4 is 33.2 Å². The summed E-state index contributed by atoms with van der Waals surface area (Å²) in [7, 11) is -2.16. The molecule has 7 nitrogen and oxygen atoms in total. The smallest absolute Gasteiger partial charge is 0.264 e. The van der Waals surface area contributed by atoms with E-state index >= 15 is 0 Å². The summed E-state index contributed by atoms with van der Waals surface area (Å²) in [6, 6.07) is 17.0. The highest BCUT2D eigenvalue weighted by Gasteiger charge is 2.34. The highest BCUT2D eigenvalue weighted by atomic mass is 32.2. The summed E-state index contributed by atoms with van der Waals surface area (Å²) in [5, 5.41) is 5.66. The number of amides is 2. The maximum atomic E-state index is 13.2. The van der Waals surface area contributed by atoms with Crippen molar-refractivity contribution in [2.75, 3.05) is 23.2 Å². The number of hydrogen-bond donors (Lipinski definition) is 2. The number of anilines is 2. The van der Waals surface area contributed by atoms with Gasteiger partial charge in [-0.25, -0.2) is 8.42 Å². The van der Waals surface area contributed by atoms with E-state index in [1.54, 1.807) is 67.6 Å². The quantitative estimate of drug-likeness (QED) is 0.593. The van der Waals surface area contributed by atoms with Crippen molar-refractivity contribution in [2.24, 2.45) is 0 Å². The molecule has 33 heavy (non-hydrogen) atoms. The normalized spacial score (nSPS) is 13.6. The Labute approximate surface area is 193 Å². The Balaban J connectivity index is 1.74. The van der Waals surface area contributed by atoms with Gasteiger partial charge in [0.15, 0.2) is 0 Å². The fourth-order valence-electron chi connectivity index (χ4n) is 4.03. The molecule has 4 rings (SSSR count). The number of sulfonamides is 1. The van der Waals surface area contributed by atoms with E-state index in [2.05, 4.69) is 10.6 Å². The van der Waals surface area contributed by atoms with Crippen LogP contribution in [0.2, 0.25) is 0 Å². The summed E-state index contributed by atoms with van der Waals surface area (Å²) in [5.74, 6) is -0.639. The Morgan fingerprint density at radius 1 is 0.939 bits per heavy atom. The summed E-state index contributed by atoms with van der Waals surface area (Å²) >= 11 is 0. The molecule has 1 heterocycles. The molecule has 3 aromatic carbocycles. The molecule has 0 bridgehead atoms. The molecular formula is C25H25N3O4S. The third-order valence-electron chi connectivity index (χ3n) is 5.65. The van der Waals surface area contributed by atoms with Gasteiger partial charge in [-0.15, -0.1) is 0 Å². The van der Waals surface area contributed by atoms with E-state index in [0.29, 0.717) is 45.7 Å². The van der Waals surface area contributed by atoms with Gasteiger partial charge in [0.1, 0.15) is 0 Å². The van der Waals surface area contributed by atoms with Gasteiger partial charge in [-0.2, -0.15) is 0 Å². The molecule has 2 N–H and O–H groups in total. The Morgan fingerprint density at radius 2 is 1.64 bits per heavy atom. The first-order chi connectivity index (χ1) is 15.8. The summed E-state index contributed by atoms with van der Waals surface area (Å²) in [5.41, 5.74) is 3.59. The highest BCUT2D eigenvalue weighted by molar-refractivity contribution is 7.93. The van der Waals surface area contributed by atoms with Crippen molar-refractivity contribution in [1.82, 2.24) is 5.32 Å². The van der Waals surface area contributed by atoms with Gasteiger partial charge in [0, 0.05) is 30.3 Å². The molecule has 170 valence electrons. The first-order valence-electron chi connectivity index (χ1n) is 10.7. The van der Waals surface area contributed by atoms with Crippen LogP contribution in [0.3, 0.4) is 0 Å². The minimum Gasteiger partial charge on any atom is -0.352 e. The number of nitrogens with zero attached hydrogens (tertiary/aromatic N) is 1. The third kappa shape index (κ3) is 3.98. The zero-order chi connectivity index (χ0) is 23.8. The minimum absolute atomic E-state index is 0.204. The summed E-state index contributed by atoms with van der Waals surface area (Å²) < 4.78 is 27.2. The molecule has 1 aliphatic rings. The first-order valence-corrected chi connectivity index (χ1v) is 12.1. The molecule has 0 spiro atoms. The molecule has 2 amide bonds. The van der Waals surface area contributed by atoms with E-state index in [-0.39, 0.29) is 16.7 Å². The second-order valence-electron chi connectivity index (χ2n) is 7.91. The van der Waals surface area contributed by atoms with Crippen LogP contribution in [-0.2, 0) is 10.0 Å². The van der Waals surface area contributed by atoms with Crippen LogP contribution in [0.15, 0.2) is 65.6 Å². The molecular weight excluding hydrogens is 438 g/mol. The number of carbonyl (C=O) groups is 2. The van der Waals surface area contributed by atoms with Gasteiger partial charge < -0.3 is 10.6 Å². The lowest BCUT2D eigenvalue weighted by atomic mass is 9.96. The topological polar surface area (TPSA) is 95.6 Å². The maximum absolute atomic E-state index is 13.2. The summed E-state index contributed by atoms with van der Waals surface area (Å²) in [6.07, 6.45) is 0.806. The Hall–Kier alpha value is -3.65. The van der Waals surface area contributed by atoms with Gasteiger partial charge >= 0.3 is 0 Å². The Morgan fingerprint density at radius 3 is 2.39 bits per heavy atom. The van der Waals surface area contributed by atoms with E-state index < -0.39 is 10.0 Å². The first kappa shape index (κ1) is 22.5. The molecule has 8 heteroatoms. The molecule has 1 aliphatic heterocycles. The Bertz CT molecular complexity index is 1370. The average Bonchev–Trinajstić information content (AvgIpc) is 2.81. The zero-order valence-electron chi connectivity index (χ0n) is 18.7. The molecule has 0 aromatic heterocycles. The molecule has 0 saturated carbocycles. The van der Waals surface area contributed by atoms with Crippen molar-refractivity contribution < 1.29 is 18.0 Å². The van der Waals surface area contributed by atoms with Crippen molar-refractivity contribution in [3.63, 3.8) is 0 Å². The number of para-hydroxylation sites is 1. The fraction of sp³-hybridized carbons (Fsp3) is 0.200. The van der Waals surface area contributed by atoms with Crippen LogP contribution < -0.4 is 14.9 Å². The number of carbonyl (C=O) groups excluding carboxylic acids is 2. The Kier molecular flexibility index (Phi) is 5.95. The predicted octanol–water partition coefficient (Wildman–Crippen LogP) is 4.19. The zero-order valence-corrected chi connectivity index (χ0v) is 19.5. The monoisotopic (exact) mass is 463 g/mol. The van der Waals surface area contributed by atoms with E-state index in [0.717, 1.165) is 6.42 Å². The van der Waals surface area contributed by atoms with E-state index in [1.165, 1.54) is 11.4 Å². The molecule has 0 radical (unpaired) electrons. The van der Waals surface area contributed by atoms with Gasteiger partial charge in [0.05, 0.1) is 21.8 Å². The number of hydrogen-bond acceptors (Lipinski definition) is 4. The van der Waals surface area contributed by atoms with Crippen molar-refractivity contribution in [2.45, 2.75) is 25.2 Å². The van der Waals surface area contributed by atoms with Crippen LogP contribution in [-0.4, -0.2) is 33.8 Å². The number of fused-ring (bicyclic) bond motifs is 3. The number of nitrogens with one attached hydrogen (secondary N) is 2. The maximum Gasteiger partial charge on any atom is 0.264 e. The highest BCUT2D eigenvalue weighted by Crippen LogP contribution is 2.44. The van der Waals surface area contributed by atoms with Crippen LogP contribution in [0.4, 0.5) is 11.4 Å². The lowest BCUT2D eigenvalue weighted by Gasteiger charge is -2.31. The number of rotatable bonds is 5. The molecule has 0 aliphatic carbocycles. The van der Waals surface area contributed by atoms with Gasteiger partial charge in [0.2, 0.25) is 0 Å². The van der Waals surface area contributed by atoms with E-state index in [4.69, 9.17) is 0 Å². The molecule has 0 saturated heterocycles. The van der Waals surface area contributed by atoms with Gasteiger partial charge in [-0.05, 0) is 49.2 Å². The summed E-state index contributed by atoms with van der Waals surface area (Å²) in [6.45, 7) is 4.29. The number of benzene rings is 3. The van der Waals surface area contributed by atoms with Crippen molar-refractivity contribution in [3.05, 3.63) is 77.4 Å². The van der Waals surface area contributed by atoms with E-state index in [1.807, 2.05) is 6.92 Å². The van der Waals surface area contributed by atoms with Gasteiger partial charge in [-0.3, -0.25) is 13.9 Å². The van der Waals surface area contributed by atoms with Crippen molar-refractivity contribution in [1.29, 1.82) is 0 Å². The molecule has 0 fully saturated rings. The predicted molar refractivity (Wildman–Crippen MR) is 129 cm³/mol. The van der Waals surface area contributed by atoms with Gasteiger partial charge in [-0.1, -0.05) is 37.3 Å². The van der Waals surface area contributed by atoms with Crippen LogP contribution >= 0.6 is 0 Å². The second-order valence-corrected chi connectivity index (χ2v) is 9.85. The second kappa shape index (κ2) is 8.71. The standard InChI is InChI=1S/C25H25N3O4S/c1-4-13-26-25(30)19-10-5-7-11-21(19)27-24(29)17-14-16(2)23-20(15-17)18-9-6-8-12-22(18)33(31,32)28(23)3/h5-12,14-15H,4,13H2,1-3H3,(H,26,30)(H,27,29). The fourth-order valence-corrected chi connectivity index (χ4v) is 5.52. The number of aryl methyl sites for hydroxylation is 1. The van der Waals surface area contributed by atoms with Crippen LogP contribution in [0, 0.1) is 6.92 Å². The van der Waals surface area contributed by atoms with Gasteiger partial charge in [0.25, 0.3) is 21.8 Å². The SMILES string of the molecule is CCCNC(=O)c1ccccc1NC(=O)c1cc(C)c2c(c1)-c1ccccc1S(=O)(=O)N2C. The molecule has 0 unspecified atom stereocenters. The van der Waals surface area contributed by atoms with Crippen LogP contribution in [0.5, 0.6) is 0 Å². The van der Waals surface area contributed by atoms with Crippen molar-refractivity contribution in [3.8, 4) is 11.1 Å². The summed E-state index contributed by atoms with van der Waals surface area (Å²) in [4.78, 5) is 25.9. The third-order valence-corrected chi connectivity index (χ3v) is 7.46. The minimum atomic E-state index is -3.67. The lowest BCUT2D eigenvalue weighted by molar-refractivity contribution is 0.0954. The van der Waals surface area contributed by atoms with E-state index in [9.17, 15) is 18.0 Å². The van der Waals surface area contributed by atoms with Crippen LogP contribution in [0.25, 0.3) is 11.1 Å². The average molecular weight is 464 g/mol.